The maximum absolute atomic E-state index is 10.9. The first-order chi connectivity index (χ1) is 6.68. The van der Waals surface area contributed by atoms with Crippen LogP contribution in [0.15, 0.2) is 0 Å². The second-order valence-electron chi connectivity index (χ2n) is 3.07. The van der Waals surface area contributed by atoms with E-state index in [0.717, 1.165) is 29.9 Å². The van der Waals surface area contributed by atoms with Crippen LogP contribution in [0.25, 0.3) is 0 Å². The van der Waals surface area contributed by atoms with Gasteiger partial charge in [-0.2, -0.15) is 11.8 Å². The van der Waals surface area contributed by atoms with E-state index in [0.29, 0.717) is 15.7 Å². The molecule has 0 aromatic carbocycles. The van der Waals surface area contributed by atoms with Crippen molar-refractivity contribution in [3.05, 3.63) is 10.6 Å². The summed E-state index contributed by atoms with van der Waals surface area (Å²) in [5.41, 5.74) is 6.19. The van der Waals surface area contributed by atoms with Crippen LogP contribution in [0.4, 0.5) is 5.13 Å². The van der Waals surface area contributed by atoms with Crippen LogP contribution in [-0.4, -0.2) is 21.8 Å². The van der Waals surface area contributed by atoms with Crippen molar-refractivity contribution in [2.75, 3.05) is 11.5 Å². The Labute approximate surface area is 89.5 Å². The quantitative estimate of drug-likeness (QED) is 0.812. The Morgan fingerprint density at radius 1 is 1.64 bits per heavy atom. The number of rotatable bonds is 2. The van der Waals surface area contributed by atoms with Crippen molar-refractivity contribution in [1.82, 2.24) is 4.98 Å². The standard InChI is InChI=1S/C8H10N2O2S2/c9-8-10-5(4-2-1-3-13-4)6(14-8)7(11)12/h4H,1-3H2,(H2,9,10)(H,11,12). The van der Waals surface area contributed by atoms with E-state index in [4.69, 9.17) is 10.8 Å². The van der Waals surface area contributed by atoms with Crippen molar-refractivity contribution in [3.8, 4) is 0 Å². The van der Waals surface area contributed by atoms with Crippen LogP contribution in [-0.2, 0) is 0 Å². The summed E-state index contributed by atoms with van der Waals surface area (Å²) in [6.45, 7) is 0. The maximum atomic E-state index is 10.9. The van der Waals surface area contributed by atoms with E-state index in [1.54, 1.807) is 11.8 Å². The van der Waals surface area contributed by atoms with E-state index in [1.807, 2.05) is 0 Å². The van der Waals surface area contributed by atoms with Crippen LogP contribution in [0.3, 0.4) is 0 Å². The molecule has 1 unspecified atom stereocenters. The number of carbonyl (C=O) groups is 1. The Hall–Kier alpha value is -0.750. The van der Waals surface area contributed by atoms with Crippen molar-refractivity contribution < 1.29 is 9.90 Å². The number of hydrogen-bond acceptors (Lipinski definition) is 5. The van der Waals surface area contributed by atoms with Gasteiger partial charge in [-0.1, -0.05) is 11.3 Å². The van der Waals surface area contributed by atoms with Gasteiger partial charge in [0.2, 0.25) is 0 Å². The van der Waals surface area contributed by atoms with Gasteiger partial charge in [0.15, 0.2) is 5.13 Å². The third-order valence-corrected chi connectivity index (χ3v) is 4.37. The van der Waals surface area contributed by atoms with Gasteiger partial charge in [0, 0.05) is 5.25 Å². The van der Waals surface area contributed by atoms with E-state index in [-0.39, 0.29) is 5.25 Å². The zero-order valence-electron chi connectivity index (χ0n) is 7.40. The molecule has 1 aromatic heterocycles. The van der Waals surface area contributed by atoms with Gasteiger partial charge in [-0.3, -0.25) is 0 Å². The second kappa shape index (κ2) is 3.78. The Balaban J connectivity index is 2.35. The molecule has 1 aliphatic rings. The smallest absolute Gasteiger partial charge is 0.347 e. The molecule has 2 heterocycles. The number of carboxylic acids is 1. The van der Waals surface area contributed by atoms with E-state index in [2.05, 4.69) is 4.98 Å². The van der Waals surface area contributed by atoms with E-state index in [9.17, 15) is 4.79 Å². The first-order valence-corrected chi connectivity index (χ1v) is 6.16. The predicted molar refractivity (Wildman–Crippen MR) is 57.9 cm³/mol. The number of aromatic nitrogens is 1. The molecule has 0 aliphatic carbocycles. The molecule has 0 bridgehead atoms. The SMILES string of the molecule is Nc1nc(C2CCCS2)c(C(=O)O)s1. The Morgan fingerprint density at radius 3 is 3.00 bits per heavy atom. The molecular formula is C8H10N2O2S2. The van der Waals surface area contributed by atoms with Gasteiger partial charge in [-0.15, -0.1) is 0 Å². The fourth-order valence-corrected chi connectivity index (χ4v) is 3.60. The predicted octanol–water partition coefficient (Wildman–Crippen LogP) is 1.99. The first-order valence-electron chi connectivity index (χ1n) is 4.29. The van der Waals surface area contributed by atoms with Crippen LogP contribution in [0.5, 0.6) is 0 Å². The van der Waals surface area contributed by atoms with E-state index < -0.39 is 5.97 Å². The summed E-state index contributed by atoms with van der Waals surface area (Å²) in [6, 6.07) is 0. The number of aromatic carboxylic acids is 1. The highest BCUT2D eigenvalue weighted by Crippen LogP contribution is 2.42. The molecule has 2 rings (SSSR count). The van der Waals surface area contributed by atoms with Crippen LogP contribution in [0.2, 0.25) is 0 Å². The minimum atomic E-state index is -0.915. The third-order valence-electron chi connectivity index (χ3n) is 2.10. The zero-order chi connectivity index (χ0) is 10.1. The number of nitrogens with zero attached hydrogens (tertiary/aromatic N) is 1. The average molecular weight is 230 g/mol. The highest BCUT2D eigenvalue weighted by molar-refractivity contribution is 7.99. The second-order valence-corrected chi connectivity index (χ2v) is 5.41. The molecular weight excluding hydrogens is 220 g/mol. The van der Waals surface area contributed by atoms with E-state index >= 15 is 0 Å². The fourth-order valence-electron chi connectivity index (χ4n) is 1.51. The molecule has 0 radical (unpaired) electrons. The van der Waals surface area contributed by atoms with Crippen LogP contribution in [0.1, 0.15) is 33.5 Å². The molecule has 0 amide bonds. The van der Waals surface area contributed by atoms with Crippen molar-refractivity contribution in [2.45, 2.75) is 18.1 Å². The Morgan fingerprint density at radius 2 is 2.43 bits per heavy atom. The molecule has 0 saturated carbocycles. The number of nitrogen functional groups attached to an aromatic ring is 1. The molecule has 4 nitrogen and oxygen atoms in total. The lowest BCUT2D eigenvalue weighted by atomic mass is 10.2. The molecule has 76 valence electrons. The highest BCUT2D eigenvalue weighted by atomic mass is 32.2. The largest absolute Gasteiger partial charge is 0.477 e. The van der Waals surface area contributed by atoms with Crippen LogP contribution >= 0.6 is 23.1 Å². The van der Waals surface area contributed by atoms with Gasteiger partial charge < -0.3 is 10.8 Å². The molecule has 1 aliphatic heterocycles. The number of nitrogens with two attached hydrogens (primary N) is 1. The van der Waals surface area contributed by atoms with Gasteiger partial charge in [-0.05, 0) is 18.6 Å². The average Bonchev–Trinajstić information content (AvgIpc) is 2.70. The molecule has 0 spiro atoms. The van der Waals surface area contributed by atoms with E-state index in [1.165, 1.54) is 0 Å². The number of thiazole rings is 1. The third kappa shape index (κ3) is 1.72. The lowest BCUT2D eigenvalue weighted by molar-refractivity contribution is 0.0700. The summed E-state index contributed by atoms with van der Waals surface area (Å²) in [5, 5.41) is 9.53. The normalized spacial score (nSPS) is 21.3. The topological polar surface area (TPSA) is 76.2 Å². The van der Waals surface area contributed by atoms with Crippen molar-refractivity contribution in [2.24, 2.45) is 0 Å². The summed E-state index contributed by atoms with van der Waals surface area (Å²) in [4.78, 5) is 15.3. The molecule has 3 N–H and O–H groups in total. The van der Waals surface area contributed by atoms with Gasteiger partial charge >= 0.3 is 5.97 Å². The van der Waals surface area contributed by atoms with Crippen LogP contribution < -0.4 is 5.73 Å². The minimum absolute atomic E-state index is 0.231. The zero-order valence-corrected chi connectivity index (χ0v) is 9.03. The van der Waals surface area contributed by atoms with Gasteiger partial charge in [0.05, 0.1) is 5.69 Å². The van der Waals surface area contributed by atoms with Crippen molar-refractivity contribution in [3.63, 3.8) is 0 Å². The number of thioether (sulfide) groups is 1. The lowest BCUT2D eigenvalue weighted by Gasteiger charge is -2.04. The van der Waals surface area contributed by atoms with Crippen LogP contribution in [0, 0.1) is 0 Å². The van der Waals surface area contributed by atoms with Gasteiger partial charge in [0.1, 0.15) is 4.88 Å². The molecule has 1 saturated heterocycles. The number of hydrogen-bond donors (Lipinski definition) is 2. The summed E-state index contributed by atoms with van der Waals surface area (Å²) < 4.78 is 0. The molecule has 6 heteroatoms. The highest BCUT2D eigenvalue weighted by Gasteiger charge is 2.26. The molecule has 14 heavy (non-hydrogen) atoms. The van der Waals surface area contributed by atoms with Crippen molar-refractivity contribution in [1.29, 1.82) is 0 Å². The number of anilines is 1. The minimum Gasteiger partial charge on any atom is -0.477 e. The Kier molecular flexibility index (Phi) is 2.64. The maximum Gasteiger partial charge on any atom is 0.347 e. The summed E-state index contributed by atoms with van der Waals surface area (Å²) in [6.07, 6.45) is 2.14. The molecule has 1 aromatic rings. The molecule has 1 fully saturated rings. The lowest BCUT2D eigenvalue weighted by Crippen LogP contribution is -2.00. The number of carboxylic acid groups (broad SMARTS) is 1. The van der Waals surface area contributed by atoms with Crippen molar-refractivity contribution >= 4 is 34.2 Å². The monoisotopic (exact) mass is 230 g/mol. The van der Waals surface area contributed by atoms with Gasteiger partial charge in [0.25, 0.3) is 0 Å². The van der Waals surface area contributed by atoms with Gasteiger partial charge in [-0.25, -0.2) is 9.78 Å². The first kappa shape index (κ1) is 9.79. The Bertz CT molecular complexity index is 358. The fraction of sp³-hybridized carbons (Fsp3) is 0.500. The molecule has 1 atom stereocenters. The summed E-state index contributed by atoms with van der Waals surface area (Å²) in [7, 11) is 0. The summed E-state index contributed by atoms with van der Waals surface area (Å²) >= 11 is 2.83. The summed E-state index contributed by atoms with van der Waals surface area (Å²) in [5.74, 6) is 0.169.